The van der Waals surface area contributed by atoms with Crippen LogP contribution in [0.4, 0.5) is 5.00 Å². The zero-order valence-corrected chi connectivity index (χ0v) is 13.3. The van der Waals surface area contributed by atoms with Gasteiger partial charge >= 0.3 is 5.97 Å². The quantitative estimate of drug-likeness (QED) is 0.883. The zero-order chi connectivity index (χ0) is 15.6. The molecule has 0 radical (unpaired) electrons. The normalized spacial score (nSPS) is 10.5. The SMILES string of the molecule is CCOC(=O)c1sc(NC(=O)c2ccc(C)n2C)cc1C. The molecular formula is C15H18N2O3S. The number of rotatable bonds is 4. The second-order valence-corrected chi connectivity index (χ2v) is 5.77. The van der Waals surface area contributed by atoms with Crippen LogP contribution in [0.25, 0.3) is 0 Å². The van der Waals surface area contributed by atoms with E-state index in [9.17, 15) is 9.59 Å². The summed E-state index contributed by atoms with van der Waals surface area (Å²) in [6, 6.07) is 5.45. The van der Waals surface area contributed by atoms with Gasteiger partial charge < -0.3 is 14.6 Å². The minimum atomic E-state index is -0.352. The maximum absolute atomic E-state index is 12.2. The molecule has 0 aliphatic heterocycles. The first-order chi connectivity index (χ1) is 9.93. The van der Waals surface area contributed by atoms with Gasteiger partial charge in [-0.1, -0.05) is 0 Å². The van der Waals surface area contributed by atoms with Gasteiger partial charge in [-0.05, 0) is 44.5 Å². The molecule has 0 aromatic carbocycles. The van der Waals surface area contributed by atoms with Gasteiger partial charge in [0.1, 0.15) is 10.6 Å². The molecule has 0 bridgehead atoms. The van der Waals surface area contributed by atoms with Crippen LogP contribution in [0.5, 0.6) is 0 Å². The highest BCUT2D eigenvalue weighted by atomic mass is 32.1. The average molecular weight is 306 g/mol. The molecule has 2 aromatic heterocycles. The van der Waals surface area contributed by atoms with Gasteiger partial charge in [-0.2, -0.15) is 0 Å². The lowest BCUT2D eigenvalue weighted by Crippen LogP contribution is -2.15. The molecule has 0 atom stereocenters. The van der Waals surface area contributed by atoms with Crippen LogP contribution in [0.15, 0.2) is 18.2 Å². The van der Waals surface area contributed by atoms with Crippen LogP contribution >= 0.6 is 11.3 Å². The first-order valence-corrected chi connectivity index (χ1v) is 7.47. The van der Waals surface area contributed by atoms with Crippen LogP contribution in [0.1, 0.15) is 38.3 Å². The molecule has 5 nitrogen and oxygen atoms in total. The molecule has 112 valence electrons. The lowest BCUT2D eigenvalue weighted by molar-refractivity contribution is 0.0531. The summed E-state index contributed by atoms with van der Waals surface area (Å²) in [7, 11) is 1.84. The zero-order valence-electron chi connectivity index (χ0n) is 12.5. The molecule has 0 unspecified atom stereocenters. The standard InChI is InChI=1S/C15H18N2O3S/c1-5-20-15(19)13-9(2)8-12(21-13)16-14(18)11-7-6-10(3)17(11)4/h6-8H,5H2,1-4H3,(H,16,18). The van der Waals surface area contributed by atoms with E-state index >= 15 is 0 Å². The smallest absolute Gasteiger partial charge is 0.348 e. The molecule has 6 heteroatoms. The Morgan fingerprint density at radius 3 is 2.62 bits per heavy atom. The van der Waals surface area contributed by atoms with Crippen LogP contribution in [-0.2, 0) is 11.8 Å². The summed E-state index contributed by atoms with van der Waals surface area (Å²) in [6.45, 7) is 5.86. The average Bonchev–Trinajstić information content (AvgIpc) is 2.94. The van der Waals surface area contributed by atoms with E-state index in [-0.39, 0.29) is 11.9 Å². The predicted octanol–water partition coefficient (Wildman–Crippen LogP) is 3.13. The van der Waals surface area contributed by atoms with Crippen molar-refractivity contribution in [1.82, 2.24) is 4.57 Å². The maximum atomic E-state index is 12.2. The van der Waals surface area contributed by atoms with Crippen LogP contribution in [0, 0.1) is 13.8 Å². The number of hydrogen-bond donors (Lipinski definition) is 1. The van der Waals surface area contributed by atoms with Crippen molar-refractivity contribution in [2.75, 3.05) is 11.9 Å². The van der Waals surface area contributed by atoms with Crippen LogP contribution in [0.2, 0.25) is 0 Å². The molecule has 1 amide bonds. The summed E-state index contributed by atoms with van der Waals surface area (Å²) in [5, 5.41) is 3.46. The first-order valence-electron chi connectivity index (χ1n) is 6.65. The Kier molecular flexibility index (Phi) is 4.47. The van der Waals surface area contributed by atoms with Crippen LogP contribution in [-0.4, -0.2) is 23.1 Å². The van der Waals surface area contributed by atoms with Gasteiger partial charge in [-0.15, -0.1) is 11.3 Å². The van der Waals surface area contributed by atoms with Crippen molar-refractivity contribution in [3.05, 3.63) is 40.0 Å². The molecule has 21 heavy (non-hydrogen) atoms. The van der Waals surface area contributed by atoms with E-state index < -0.39 is 0 Å². The van der Waals surface area contributed by atoms with Gasteiger partial charge in [0, 0.05) is 12.7 Å². The summed E-state index contributed by atoms with van der Waals surface area (Å²) in [5.74, 6) is -0.544. The molecule has 2 aromatic rings. The van der Waals surface area contributed by atoms with Crippen LogP contribution < -0.4 is 5.32 Å². The second kappa shape index (κ2) is 6.13. The monoisotopic (exact) mass is 306 g/mol. The molecule has 0 aliphatic carbocycles. The Bertz CT molecular complexity index is 685. The number of nitrogens with one attached hydrogen (secondary N) is 1. The first kappa shape index (κ1) is 15.3. The Hall–Kier alpha value is -2.08. The van der Waals surface area contributed by atoms with Gasteiger partial charge in [-0.25, -0.2) is 4.79 Å². The molecule has 0 saturated carbocycles. The topological polar surface area (TPSA) is 60.3 Å². The molecule has 2 rings (SSSR count). The molecule has 2 heterocycles. The number of aromatic nitrogens is 1. The summed E-state index contributed by atoms with van der Waals surface area (Å²) in [4.78, 5) is 24.5. The van der Waals surface area contributed by atoms with Crippen molar-refractivity contribution in [2.45, 2.75) is 20.8 Å². The van der Waals surface area contributed by atoms with Crippen LogP contribution in [0.3, 0.4) is 0 Å². The molecule has 0 spiro atoms. The number of carbonyl (C=O) groups excluding carboxylic acids is 2. The van der Waals surface area contributed by atoms with E-state index in [1.54, 1.807) is 19.1 Å². The van der Waals surface area contributed by atoms with Gasteiger partial charge in [-0.3, -0.25) is 4.79 Å². The number of ether oxygens (including phenoxy) is 1. The number of anilines is 1. The number of carbonyl (C=O) groups is 2. The Morgan fingerprint density at radius 1 is 1.33 bits per heavy atom. The molecule has 0 saturated heterocycles. The number of esters is 1. The van der Waals surface area contributed by atoms with Crippen molar-refractivity contribution < 1.29 is 14.3 Å². The Morgan fingerprint density at radius 2 is 2.05 bits per heavy atom. The minimum Gasteiger partial charge on any atom is -0.462 e. The Labute approximate surface area is 127 Å². The number of nitrogens with zero attached hydrogens (tertiary/aromatic N) is 1. The molecular weight excluding hydrogens is 288 g/mol. The fourth-order valence-corrected chi connectivity index (χ4v) is 2.92. The van der Waals surface area contributed by atoms with Gasteiger partial charge in [0.15, 0.2) is 0 Å². The maximum Gasteiger partial charge on any atom is 0.348 e. The lowest BCUT2D eigenvalue weighted by atomic mass is 10.3. The van der Waals surface area contributed by atoms with E-state index in [4.69, 9.17) is 4.74 Å². The predicted molar refractivity (Wildman–Crippen MR) is 83.1 cm³/mol. The highest BCUT2D eigenvalue weighted by Gasteiger charge is 2.17. The van der Waals surface area contributed by atoms with E-state index in [1.165, 1.54) is 11.3 Å². The van der Waals surface area contributed by atoms with E-state index in [0.717, 1.165) is 11.3 Å². The number of hydrogen-bond acceptors (Lipinski definition) is 4. The lowest BCUT2D eigenvalue weighted by Gasteiger charge is -2.05. The summed E-state index contributed by atoms with van der Waals surface area (Å²) in [5.41, 5.74) is 2.39. The fraction of sp³-hybridized carbons (Fsp3) is 0.333. The van der Waals surface area contributed by atoms with E-state index in [1.807, 2.05) is 31.5 Å². The van der Waals surface area contributed by atoms with Crippen molar-refractivity contribution in [3.8, 4) is 0 Å². The third kappa shape index (κ3) is 3.16. The molecule has 0 fully saturated rings. The summed E-state index contributed by atoms with van der Waals surface area (Å²) in [6.07, 6.45) is 0. The van der Waals surface area contributed by atoms with E-state index in [2.05, 4.69) is 5.32 Å². The van der Waals surface area contributed by atoms with Crippen molar-refractivity contribution in [1.29, 1.82) is 0 Å². The van der Waals surface area contributed by atoms with Crippen molar-refractivity contribution in [2.24, 2.45) is 7.05 Å². The highest BCUT2D eigenvalue weighted by Crippen LogP contribution is 2.27. The fourth-order valence-electron chi connectivity index (χ4n) is 1.96. The largest absolute Gasteiger partial charge is 0.462 e. The number of thiophene rings is 1. The third-order valence-electron chi connectivity index (χ3n) is 3.22. The number of amides is 1. The molecule has 1 N–H and O–H groups in total. The van der Waals surface area contributed by atoms with Crippen molar-refractivity contribution >= 4 is 28.2 Å². The minimum absolute atomic E-state index is 0.192. The Balaban J connectivity index is 2.17. The summed E-state index contributed by atoms with van der Waals surface area (Å²) < 4.78 is 6.81. The van der Waals surface area contributed by atoms with Gasteiger partial charge in [0.05, 0.1) is 11.6 Å². The van der Waals surface area contributed by atoms with E-state index in [0.29, 0.717) is 22.2 Å². The second-order valence-electron chi connectivity index (χ2n) is 4.72. The van der Waals surface area contributed by atoms with Gasteiger partial charge in [0.2, 0.25) is 0 Å². The summed E-state index contributed by atoms with van der Waals surface area (Å²) >= 11 is 1.23. The van der Waals surface area contributed by atoms with Crippen molar-refractivity contribution in [3.63, 3.8) is 0 Å². The third-order valence-corrected chi connectivity index (χ3v) is 4.35. The highest BCUT2D eigenvalue weighted by molar-refractivity contribution is 7.18. The number of aryl methyl sites for hydroxylation is 2. The molecule has 0 aliphatic rings. The van der Waals surface area contributed by atoms with Gasteiger partial charge in [0.25, 0.3) is 5.91 Å².